The van der Waals surface area contributed by atoms with Gasteiger partial charge in [-0.25, -0.2) is 4.98 Å². The van der Waals surface area contributed by atoms with E-state index in [9.17, 15) is 4.79 Å². The third-order valence-electron chi connectivity index (χ3n) is 11.2. The fourth-order valence-corrected chi connectivity index (χ4v) is 9.05. The molecule has 2 fully saturated rings. The number of H-pyrrole nitrogens is 1. The summed E-state index contributed by atoms with van der Waals surface area (Å²) in [5, 5.41) is 5.57. The number of pyridine rings is 1. The molecule has 2 N–H and O–H groups in total. The van der Waals surface area contributed by atoms with Crippen LogP contribution in [0.15, 0.2) is 97.3 Å². The number of nitrogens with zero attached hydrogens (tertiary/aromatic N) is 4. The Labute approximate surface area is 320 Å². The molecule has 5 aromatic rings. The highest BCUT2D eigenvalue weighted by molar-refractivity contribution is 6.32. The lowest BCUT2D eigenvalue weighted by Gasteiger charge is -2.39. The number of amides is 1. The second-order valence-electron chi connectivity index (χ2n) is 14.6. The quantitative estimate of drug-likeness (QED) is 0.173. The molecule has 0 spiro atoms. The van der Waals surface area contributed by atoms with E-state index in [1.54, 1.807) is 6.20 Å². The maximum atomic E-state index is 14.8. The van der Waals surface area contributed by atoms with Gasteiger partial charge in [0.1, 0.15) is 5.69 Å². The van der Waals surface area contributed by atoms with Crippen LogP contribution >= 0.6 is 23.2 Å². The molecule has 9 rings (SSSR count). The number of carbonyl (C=O) groups is 1. The predicted octanol–water partition coefficient (Wildman–Crippen LogP) is 9.25. The highest BCUT2D eigenvalue weighted by Crippen LogP contribution is 2.53. The van der Waals surface area contributed by atoms with Crippen LogP contribution in [-0.4, -0.2) is 71.1 Å². The van der Waals surface area contributed by atoms with Gasteiger partial charge in [-0.2, -0.15) is 0 Å². The molecule has 3 unspecified atom stereocenters. The van der Waals surface area contributed by atoms with Crippen molar-refractivity contribution in [3.8, 4) is 0 Å². The topological polar surface area (TPSA) is 76.7 Å². The lowest BCUT2D eigenvalue weighted by atomic mass is 9.82. The van der Waals surface area contributed by atoms with Crippen LogP contribution in [0.5, 0.6) is 0 Å². The summed E-state index contributed by atoms with van der Waals surface area (Å²) in [5.41, 5.74) is 8.31. The second-order valence-corrected chi connectivity index (χ2v) is 15.4. The van der Waals surface area contributed by atoms with E-state index >= 15 is 0 Å². The van der Waals surface area contributed by atoms with Gasteiger partial charge in [-0.05, 0) is 83.8 Å². The number of allylic oxidation sites excluding steroid dienone is 2. The largest absolute Gasteiger partial charge is 0.377 e. The summed E-state index contributed by atoms with van der Waals surface area (Å²) in [6.07, 6.45) is 9.70. The predicted molar refractivity (Wildman–Crippen MR) is 214 cm³/mol. The van der Waals surface area contributed by atoms with Crippen molar-refractivity contribution in [3.05, 3.63) is 135 Å². The fraction of sp³-hybridized carbons (Fsp3) is 0.302. The zero-order valence-electron chi connectivity index (χ0n) is 29.7. The molecule has 10 heteroatoms. The molecule has 6 heterocycles. The summed E-state index contributed by atoms with van der Waals surface area (Å²) < 4.78 is 5.90. The number of ether oxygens (including phenoxy) is 1. The number of piperazine rings is 1. The number of fused-ring (bicyclic) bond motifs is 2. The Bertz CT molecular complexity index is 2220. The lowest BCUT2D eigenvalue weighted by molar-refractivity contribution is 0.0712. The van der Waals surface area contributed by atoms with E-state index in [0.717, 1.165) is 103 Å². The molecule has 0 radical (unpaired) electrons. The van der Waals surface area contributed by atoms with Crippen LogP contribution in [0.4, 0.5) is 11.5 Å². The van der Waals surface area contributed by atoms with E-state index in [-0.39, 0.29) is 17.9 Å². The molecule has 3 aromatic carbocycles. The van der Waals surface area contributed by atoms with Gasteiger partial charge in [0.05, 0.1) is 23.5 Å². The van der Waals surface area contributed by atoms with E-state index in [1.807, 2.05) is 42.5 Å². The number of aromatic nitrogens is 2. The van der Waals surface area contributed by atoms with Crippen molar-refractivity contribution in [2.75, 3.05) is 49.5 Å². The zero-order chi connectivity index (χ0) is 36.1. The number of carbonyl (C=O) groups excluding carboxylic acids is 1. The Morgan fingerprint density at radius 3 is 2.57 bits per heavy atom. The van der Waals surface area contributed by atoms with Gasteiger partial charge in [0.15, 0.2) is 5.82 Å². The number of nitrogens with one attached hydrogen (secondary N) is 2. The second kappa shape index (κ2) is 14.3. The van der Waals surface area contributed by atoms with Gasteiger partial charge >= 0.3 is 0 Å². The molecule has 2 aromatic heterocycles. The van der Waals surface area contributed by atoms with Crippen LogP contribution in [0.3, 0.4) is 0 Å². The molecule has 0 bridgehead atoms. The van der Waals surface area contributed by atoms with Gasteiger partial charge in [-0.3, -0.25) is 9.69 Å². The Morgan fingerprint density at radius 1 is 0.981 bits per heavy atom. The number of hydrogen-bond donors (Lipinski definition) is 2. The molecular weight excluding hydrogens is 703 g/mol. The average molecular weight is 746 g/mol. The normalized spacial score (nSPS) is 21.6. The first kappa shape index (κ1) is 34.2. The zero-order valence-corrected chi connectivity index (χ0v) is 31.2. The third-order valence-corrected chi connectivity index (χ3v) is 11.6. The minimum Gasteiger partial charge on any atom is -0.377 e. The van der Waals surface area contributed by atoms with Gasteiger partial charge in [-0.1, -0.05) is 78.7 Å². The van der Waals surface area contributed by atoms with Crippen molar-refractivity contribution in [2.45, 2.75) is 38.3 Å². The first-order valence-corrected chi connectivity index (χ1v) is 19.4. The lowest BCUT2D eigenvalue weighted by Crippen LogP contribution is -2.49. The van der Waals surface area contributed by atoms with E-state index < -0.39 is 0 Å². The number of anilines is 2. The minimum atomic E-state index is -0.227. The Balaban J connectivity index is 1.15. The molecule has 2 saturated heterocycles. The van der Waals surface area contributed by atoms with Crippen molar-refractivity contribution >= 4 is 62.8 Å². The first-order valence-electron chi connectivity index (χ1n) is 18.6. The van der Waals surface area contributed by atoms with Crippen LogP contribution in [0, 0.1) is 5.92 Å². The first-order chi connectivity index (χ1) is 25.9. The summed E-state index contributed by atoms with van der Waals surface area (Å²) in [7, 11) is 0. The smallest absolute Gasteiger partial charge is 0.272 e. The maximum Gasteiger partial charge on any atom is 0.272 e. The van der Waals surface area contributed by atoms with E-state index in [0.29, 0.717) is 27.5 Å². The SMILES string of the molecule is CC1CC=CN2C(=C1c1ccccc1)c1c(C(=O)Nc3cccnc3N3CCN(CC4CCCO4)CC3)[nH]c3cc(Cl)cc(c13)C2c1ccc(Cl)cc1. The average Bonchev–Trinajstić information content (AvgIpc) is 3.79. The Kier molecular flexibility index (Phi) is 9.24. The van der Waals surface area contributed by atoms with Crippen LogP contribution < -0.4 is 10.2 Å². The minimum absolute atomic E-state index is 0.179. The van der Waals surface area contributed by atoms with E-state index in [4.69, 9.17) is 32.9 Å². The van der Waals surface area contributed by atoms with Crippen LogP contribution in [-0.2, 0) is 4.74 Å². The van der Waals surface area contributed by atoms with Crippen LogP contribution in [0.1, 0.15) is 65.0 Å². The summed E-state index contributed by atoms with van der Waals surface area (Å²) in [6.45, 7) is 7.60. The van der Waals surface area contributed by atoms with Gasteiger partial charge in [-0.15, -0.1) is 0 Å². The molecular formula is C43H42Cl2N6O2. The van der Waals surface area contributed by atoms with Gasteiger partial charge in [0, 0.05) is 78.2 Å². The Morgan fingerprint density at radius 2 is 1.79 bits per heavy atom. The van der Waals surface area contributed by atoms with Crippen molar-refractivity contribution in [2.24, 2.45) is 5.92 Å². The highest BCUT2D eigenvalue weighted by Gasteiger charge is 2.40. The molecule has 1 amide bonds. The monoisotopic (exact) mass is 744 g/mol. The van der Waals surface area contributed by atoms with Crippen LogP contribution in [0.2, 0.25) is 10.0 Å². The maximum absolute atomic E-state index is 14.8. The van der Waals surface area contributed by atoms with Gasteiger partial charge in [0.2, 0.25) is 0 Å². The summed E-state index contributed by atoms with van der Waals surface area (Å²) >= 11 is 13.3. The highest BCUT2D eigenvalue weighted by atomic mass is 35.5. The number of halogens is 2. The number of benzene rings is 3. The summed E-state index contributed by atoms with van der Waals surface area (Å²) in [6, 6.07) is 26.2. The molecule has 0 saturated carbocycles. The summed E-state index contributed by atoms with van der Waals surface area (Å²) in [4.78, 5) is 30.3. The van der Waals surface area contributed by atoms with E-state index in [2.05, 4.69) is 80.6 Å². The fourth-order valence-electron chi connectivity index (χ4n) is 8.70. The third kappa shape index (κ3) is 6.42. The molecule has 8 nitrogen and oxygen atoms in total. The number of hydrogen-bond acceptors (Lipinski definition) is 6. The van der Waals surface area contributed by atoms with Crippen molar-refractivity contribution in [1.82, 2.24) is 19.8 Å². The molecule has 270 valence electrons. The molecule has 53 heavy (non-hydrogen) atoms. The van der Waals surface area contributed by atoms with Crippen molar-refractivity contribution < 1.29 is 9.53 Å². The molecule has 4 aliphatic heterocycles. The van der Waals surface area contributed by atoms with Crippen molar-refractivity contribution in [1.29, 1.82) is 0 Å². The van der Waals surface area contributed by atoms with Gasteiger partial charge < -0.3 is 24.8 Å². The Hall–Kier alpha value is -4.60. The molecule has 0 aliphatic carbocycles. The van der Waals surface area contributed by atoms with Gasteiger partial charge in [0.25, 0.3) is 5.91 Å². The van der Waals surface area contributed by atoms with Crippen molar-refractivity contribution in [3.63, 3.8) is 0 Å². The number of aromatic amines is 1. The molecule has 3 atom stereocenters. The number of rotatable bonds is 7. The summed E-state index contributed by atoms with van der Waals surface area (Å²) in [5.74, 6) is 0.735. The molecule has 4 aliphatic rings. The standard InChI is InChI=1S/C43H42Cl2N6O2/c1-27-8-6-18-51-40(29-13-15-30(44)16-14-29)33-24-31(45)25-35-37(33)38(41(51)36(27)28-9-3-2-4-10-28)39(47-35)43(52)48-34-12-5-17-46-42(34)50-21-19-49(20-22-50)26-32-11-7-23-53-32/h2-6,9-10,12-18,24-25,27,32,40,47H,7-8,11,19-23,26H2,1H3,(H,48,52). The van der Waals surface area contributed by atoms with E-state index in [1.165, 1.54) is 5.57 Å². The van der Waals surface area contributed by atoms with Crippen LogP contribution in [0.25, 0.3) is 22.2 Å².